The number of amides is 2. The Bertz CT molecular complexity index is 768. The second-order valence-electron chi connectivity index (χ2n) is 7.95. The third kappa shape index (κ3) is 5.23. The summed E-state index contributed by atoms with van der Waals surface area (Å²) in [6.07, 6.45) is 2.05. The molecule has 9 nitrogen and oxygen atoms in total. The van der Waals surface area contributed by atoms with Crippen LogP contribution >= 0.6 is 0 Å². The fourth-order valence-corrected chi connectivity index (χ4v) is 3.89. The lowest BCUT2D eigenvalue weighted by molar-refractivity contribution is -0.384. The van der Waals surface area contributed by atoms with Gasteiger partial charge in [-0.2, -0.15) is 0 Å². The lowest BCUT2D eigenvalue weighted by atomic mass is 10.1. The van der Waals surface area contributed by atoms with Crippen LogP contribution in [0.25, 0.3) is 0 Å². The van der Waals surface area contributed by atoms with Crippen molar-refractivity contribution in [1.82, 2.24) is 15.1 Å². The van der Waals surface area contributed by atoms with E-state index in [4.69, 9.17) is 0 Å². The number of carbonyl (C=O) groups excluding carboxylic acids is 2. The molecule has 2 aliphatic heterocycles. The molecule has 0 unspecified atom stereocenters. The number of nitrogens with one attached hydrogen (secondary N) is 1. The standard InChI is InChI=1S/C20H29N5O4/c1-15(2)21-19(26)14-22-9-11-24(12-10-22)20(27)16-5-6-17(18(13-16)25(28)29)23-7-3-4-8-23/h5-6,13,15H,3-4,7-12,14H2,1-2H3,(H,21,26). The predicted octanol–water partition coefficient (Wildman–Crippen LogP) is 1.48. The van der Waals surface area contributed by atoms with Crippen LogP contribution in [0.2, 0.25) is 0 Å². The van der Waals surface area contributed by atoms with E-state index in [-0.39, 0.29) is 23.5 Å². The normalized spacial score (nSPS) is 17.6. The molecule has 1 aromatic carbocycles. The third-order valence-corrected chi connectivity index (χ3v) is 5.34. The van der Waals surface area contributed by atoms with Crippen LogP contribution in [0.15, 0.2) is 18.2 Å². The van der Waals surface area contributed by atoms with E-state index in [1.165, 1.54) is 6.07 Å². The molecule has 1 aromatic rings. The van der Waals surface area contributed by atoms with Crippen molar-refractivity contribution in [3.63, 3.8) is 0 Å². The Kier molecular flexibility index (Phi) is 6.68. The quantitative estimate of drug-likeness (QED) is 0.571. The minimum atomic E-state index is -0.407. The van der Waals surface area contributed by atoms with Crippen molar-refractivity contribution in [2.24, 2.45) is 0 Å². The van der Waals surface area contributed by atoms with Gasteiger partial charge in [-0.3, -0.25) is 24.6 Å². The minimum Gasteiger partial charge on any atom is -0.366 e. The van der Waals surface area contributed by atoms with Gasteiger partial charge in [-0.05, 0) is 38.8 Å². The average Bonchev–Trinajstić information content (AvgIpc) is 3.21. The number of nitro benzene ring substituents is 1. The maximum absolute atomic E-state index is 12.9. The minimum absolute atomic E-state index is 0.0123. The molecule has 0 spiro atoms. The van der Waals surface area contributed by atoms with Crippen molar-refractivity contribution in [1.29, 1.82) is 0 Å². The molecule has 0 aliphatic carbocycles. The van der Waals surface area contributed by atoms with Crippen molar-refractivity contribution in [2.45, 2.75) is 32.7 Å². The van der Waals surface area contributed by atoms with Gasteiger partial charge in [0.25, 0.3) is 11.6 Å². The Morgan fingerprint density at radius 3 is 2.34 bits per heavy atom. The summed E-state index contributed by atoms with van der Waals surface area (Å²) < 4.78 is 0. The maximum Gasteiger partial charge on any atom is 0.293 e. The molecule has 29 heavy (non-hydrogen) atoms. The van der Waals surface area contributed by atoms with Gasteiger partial charge in [-0.25, -0.2) is 0 Å². The first-order chi connectivity index (χ1) is 13.8. The molecule has 0 radical (unpaired) electrons. The largest absolute Gasteiger partial charge is 0.366 e. The Balaban J connectivity index is 1.63. The number of hydrogen-bond donors (Lipinski definition) is 1. The van der Waals surface area contributed by atoms with Crippen LogP contribution < -0.4 is 10.2 Å². The highest BCUT2D eigenvalue weighted by molar-refractivity contribution is 5.96. The summed E-state index contributed by atoms with van der Waals surface area (Å²) in [6, 6.07) is 4.89. The lowest BCUT2D eigenvalue weighted by Crippen LogP contribution is -2.51. The Morgan fingerprint density at radius 1 is 1.10 bits per heavy atom. The number of benzene rings is 1. The molecule has 3 rings (SSSR count). The smallest absolute Gasteiger partial charge is 0.293 e. The van der Waals surface area contributed by atoms with Gasteiger partial charge in [-0.15, -0.1) is 0 Å². The number of piperazine rings is 1. The number of anilines is 1. The molecule has 0 saturated carbocycles. The van der Waals surface area contributed by atoms with Crippen molar-refractivity contribution in [3.8, 4) is 0 Å². The van der Waals surface area contributed by atoms with E-state index in [2.05, 4.69) is 5.32 Å². The van der Waals surface area contributed by atoms with Crippen LogP contribution in [0.3, 0.4) is 0 Å². The summed E-state index contributed by atoms with van der Waals surface area (Å²) in [7, 11) is 0. The fourth-order valence-electron chi connectivity index (χ4n) is 3.89. The zero-order valence-electron chi connectivity index (χ0n) is 17.1. The number of nitrogens with zero attached hydrogens (tertiary/aromatic N) is 4. The number of nitro groups is 1. The van der Waals surface area contributed by atoms with E-state index in [1.807, 2.05) is 23.6 Å². The van der Waals surface area contributed by atoms with E-state index in [1.54, 1.807) is 17.0 Å². The monoisotopic (exact) mass is 403 g/mol. The highest BCUT2D eigenvalue weighted by Gasteiger charge is 2.27. The van der Waals surface area contributed by atoms with Crippen LogP contribution in [0.5, 0.6) is 0 Å². The van der Waals surface area contributed by atoms with Gasteiger partial charge in [0.05, 0.1) is 11.5 Å². The summed E-state index contributed by atoms with van der Waals surface area (Å²) in [5.41, 5.74) is 0.914. The summed E-state index contributed by atoms with van der Waals surface area (Å²) in [5, 5.41) is 14.4. The van der Waals surface area contributed by atoms with Crippen molar-refractivity contribution >= 4 is 23.2 Å². The zero-order chi connectivity index (χ0) is 21.0. The topological polar surface area (TPSA) is 99.0 Å². The summed E-state index contributed by atoms with van der Waals surface area (Å²) in [4.78, 5) is 41.6. The van der Waals surface area contributed by atoms with Gasteiger partial charge < -0.3 is 15.1 Å². The molecule has 2 saturated heterocycles. The lowest BCUT2D eigenvalue weighted by Gasteiger charge is -2.34. The molecule has 158 valence electrons. The highest BCUT2D eigenvalue weighted by atomic mass is 16.6. The van der Waals surface area contributed by atoms with Crippen molar-refractivity contribution < 1.29 is 14.5 Å². The molecule has 2 fully saturated rings. The van der Waals surface area contributed by atoms with Crippen LogP contribution in [-0.4, -0.2) is 78.4 Å². The zero-order valence-corrected chi connectivity index (χ0v) is 17.1. The second-order valence-corrected chi connectivity index (χ2v) is 7.95. The number of rotatable bonds is 6. The van der Waals surface area contributed by atoms with E-state index >= 15 is 0 Å². The van der Waals surface area contributed by atoms with Crippen molar-refractivity contribution in [3.05, 3.63) is 33.9 Å². The summed E-state index contributed by atoms with van der Waals surface area (Å²) >= 11 is 0. The Morgan fingerprint density at radius 2 is 1.76 bits per heavy atom. The predicted molar refractivity (Wildman–Crippen MR) is 110 cm³/mol. The van der Waals surface area contributed by atoms with Gasteiger partial charge in [0.2, 0.25) is 5.91 Å². The molecular weight excluding hydrogens is 374 g/mol. The molecule has 9 heteroatoms. The molecule has 0 bridgehead atoms. The molecule has 0 atom stereocenters. The molecular formula is C20H29N5O4. The molecule has 2 amide bonds. The van der Waals surface area contributed by atoms with Crippen LogP contribution in [-0.2, 0) is 4.79 Å². The van der Waals surface area contributed by atoms with Crippen molar-refractivity contribution in [2.75, 3.05) is 50.7 Å². The van der Waals surface area contributed by atoms with Crippen LogP contribution in [0.4, 0.5) is 11.4 Å². The number of carbonyl (C=O) groups is 2. The Hall–Kier alpha value is -2.68. The molecule has 2 aliphatic rings. The second kappa shape index (κ2) is 9.21. The summed E-state index contributed by atoms with van der Waals surface area (Å²) in [6.45, 7) is 7.96. The van der Waals surface area contributed by atoms with E-state index in [0.29, 0.717) is 44.0 Å². The van der Waals surface area contributed by atoms with Crippen LogP contribution in [0.1, 0.15) is 37.0 Å². The molecule has 2 heterocycles. The van der Waals surface area contributed by atoms with Gasteiger partial charge in [0.15, 0.2) is 0 Å². The molecule has 1 N–H and O–H groups in total. The average molecular weight is 403 g/mol. The van der Waals surface area contributed by atoms with Crippen LogP contribution in [0, 0.1) is 10.1 Å². The third-order valence-electron chi connectivity index (χ3n) is 5.34. The first-order valence-corrected chi connectivity index (χ1v) is 10.2. The van der Waals surface area contributed by atoms with E-state index in [9.17, 15) is 19.7 Å². The number of hydrogen-bond acceptors (Lipinski definition) is 6. The molecule has 0 aromatic heterocycles. The SMILES string of the molecule is CC(C)NC(=O)CN1CCN(C(=O)c2ccc(N3CCCC3)c([N+](=O)[O-])c2)CC1. The summed E-state index contributed by atoms with van der Waals surface area (Å²) in [5.74, 6) is -0.222. The van der Waals surface area contributed by atoms with Gasteiger partial charge in [0.1, 0.15) is 5.69 Å². The van der Waals surface area contributed by atoms with Gasteiger partial charge >= 0.3 is 0 Å². The first-order valence-electron chi connectivity index (χ1n) is 10.2. The highest BCUT2D eigenvalue weighted by Crippen LogP contribution is 2.32. The van der Waals surface area contributed by atoms with E-state index in [0.717, 1.165) is 25.9 Å². The fraction of sp³-hybridized carbons (Fsp3) is 0.600. The Labute approximate surface area is 170 Å². The van der Waals surface area contributed by atoms with Gasteiger partial charge in [-0.1, -0.05) is 0 Å². The van der Waals surface area contributed by atoms with Gasteiger partial charge in [0, 0.05) is 56.9 Å². The maximum atomic E-state index is 12.9. The first kappa shape index (κ1) is 21.0. The van der Waals surface area contributed by atoms with E-state index < -0.39 is 4.92 Å².